The Bertz CT molecular complexity index is 569. The molecule has 0 aliphatic heterocycles. The predicted molar refractivity (Wildman–Crippen MR) is 86.2 cm³/mol. The Balaban J connectivity index is 2.37. The van der Waals surface area contributed by atoms with E-state index < -0.39 is 0 Å². The van der Waals surface area contributed by atoms with Gasteiger partial charge in [0.05, 0.1) is 14.2 Å². The summed E-state index contributed by atoms with van der Waals surface area (Å²) in [7, 11) is 5.34. The highest BCUT2D eigenvalue weighted by molar-refractivity contribution is 5.44. The van der Waals surface area contributed by atoms with Crippen molar-refractivity contribution in [2.24, 2.45) is 0 Å². The van der Waals surface area contributed by atoms with Gasteiger partial charge >= 0.3 is 0 Å². The molecule has 0 aliphatic carbocycles. The molecule has 3 heteroatoms. The molecular formula is C18H23NO2. The maximum absolute atomic E-state index is 5.54. The quantitative estimate of drug-likeness (QED) is 0.876. The SMILES string of the molecule is CNC(c1ccc(OC)cc1OC)C(C)c1ccccc1. The fourth-order valence-corrected chi connectivity index (χ4v) is 2.70. The third kappa shape index (κ3) is 3.37. The van der Waals surface area contributed by atoms with Crippen LogP contribution in [0.1, 0.15) is 30.0 Å². The second-order valence-corrected chi connectivity index (χ2v) is 5.07. The van der Waals surface area contributed by atoms with Crippen LogP contribution in [0.15, 0.2) is 48.5 Å². The van der Waals surface area contributed by atoms with Crippen LogP contribution in [0.4, 0.5) is 0 Å². The van der Waals surface area contributed by atoms with Crippen LogP contribution in [0.5, 0.6) is 11.5 Å². The van der Waals surface area contributed by atoms with Gasteiger partial charge in [0.1, 0.15) is 11.5 Å². The van der Waals surface area contributed by atoms with Crippen LogP contribution in [0.3, 0.4) is 0 Å². The van der Waals surface area contributed by atoms with E-state index in [1.807, 2.05) is 25.2 Å². The van der Waals surface area contributed by atoms with Crippen molar-refractivity contribution in [3.05, 3.63) is 59.7 Å². The molecule has 0 spiro atoms. The Hall–Kier alpha value is -2.00. The van der Waals surface area contributed by atoms with E-state index in [4.69, 9.17) is 9.47 Å². The average Bonchev–Trinajstić information content (AvgIpc) is 2.56. The molecule has 0 aromatic heterocycles. The van der Waals surface area contributed by atoms with Gasteiger partial charge in [-0.1, -0.05) is 43.3 Å². The van der Waals surface area contributed by atoms with Gasteiger partial charge in [0.15, 0.2) is 0 Å². The summed E-state index contributed by atoms with van der Waals surface area (Å²) in [5, 5.41) is 3.41. The molecule has 0 bridgehead atoms. The van der Waals surface area contributed by atoms with E-state index in [9.17, 15) is 0 Å². The standard InChI is InChI=1S/C18H23NO2/c1-13(14-8-6-5-7-9-14)18(19-2)16-11-10-15(20-3)12-17(16)21-4/h5-13,18-19H,1-4H3. The number of hydrogen-bond acceptors (Lipinski definition) is 3. The van der Waals surface area contributed by atoms with Crippen LogP contribution in [-0.4, -0.2) is 21.3 Å². The molecule has 0 radical (unpaired) electrons. The molecule has 112 valence electrons. The minimum Gasteiger partial charge on any atom is -0.497 e. The third-order valence-electron chi connectivity index (χ3n) is 3.91. The minimum absolute atomic E-state index is 0.174. The van der Waals surface area contributed by atoms with Crippen LogP contribution >= 0.6 is 0 Å². The topological polar surface area (TPSA) is 30.5 Å². The van der Waals surface area contributed by atoms with Gasteiger partial charge in [-0.3, -0.25) is 0 Å². The number of ether oxygens (including phenoxy) is 2. The van der Waals surface area contributed by atoms with Gasteiger partial charge in [0, 0.05) is 23.6 Å². The van der Waals surface area contributed by atoms with Gasteiger partial charge in [-0.15, -0.1) is 0 Å². The normalized spacial score (nSPS) is 13.5. The van der Waals surface area contributed by atoms with Crippen molar-refractivity contribution in [2.45, 2.75) is 18.9 Å². The van der Waals surface area contributed by atoms with E-state index in [0.29, 0.717) is 5.92 Å². The number of benzene rings is 2. The molecule has 0 amide bonds. The van der Waals surface area contributed by atoms with Gasteiger partial charge < -0.3 is 14.8 Å². The molecule has 2 unspecified atom stereocenters. The lowest BCUT2D eigenvalue weighted by molar-refractivity contribution is 0.381. The maximum Gasteiger partial charge on any atom is 0.127 e. The van der Waals surface area contributed by atoms with E-state index in [-0.39, 0.29) is 6.04 Å². The van der Waals surface area contributed by atoms with Gasteiger partial charge in [-0.05, 0) is 18.7 Å². The monoisotopic (exact) mass is 285 g/mol. The van der Waals surface area contributed by atoms with Gasteiger partial charge in [-0.25, -0.2) is 0 Å². The summed E-state index contributed by atoms with van der Waals surface area (Å²) in [4.78, 5) is 0. The summed E-state index contributed by atoms with van der Waals surface area (Å²) >= 11 is 0. The molecule has 0 heterocycles. The number of likely N-dealkylation sites (N-methyl/N-ethyl adjacent to an activating group) is 1. The molecule has 21 heavy (non-hydrogen) atoms. The first-order chi connectivity index (χ1) is 10.2. The highest BCUT2D eigenvalue weighted by atomic mass is 16.5. The summed E-state index contributed by atoms with van der Waals surface area (Å²) in [5.41, 5.74) is 2.44. The Kier molecular flexibility index (Phi) is 5.23. The maximum atomic E-state index is 5.54. The summed E-state index contributed by atoms with van der Waals surface area (Å²) in [5.74, 6) is 1.98. The molecule has 0 saturated heterocycles. The van der Waals surface area contributed by atoms with Crippen LogP contribution in [0.2, 0.25) is 0 Å². The van der Waals surface area contributed by atoms with E-state index >= 15 is 0 Å². The first-order valence-corrected chi connectivity index (χ1v) is 7.15. The van der Waals surface area contributed by atoms with Gasteiger partial charge in [0.25, 0.3) is 0 Å². The van der Waals surface area contributed by atoms with Crippen molar-refractivity contribution in [3.8, 4) is 11.5 Å². The predicted octanol–water partition coefficient (Wildman–Crippen LogP) is 3.77. The summed E-state index contributed by atoms with van der Waals surface area (Å²) in [6.45, 7) is 2.22. The van der Waals surface area contributed by atoms with Crippen LogP contribution in [0.25, 0.3) is 0 Å². The first kappa shape index (κ1) is 15.4. The first-order valence-electron chi connectivity index (χ1n) is 7.15. The number of rotatable bonds is 6. The zero-order valence-electron chi connectivity index (χ0n) is 13.1. The van der Waals surface area contributed by atoms with Crippen molar-refractivity contribution in [1.82, 2.24) is 5.32 Å². The fourth-order valence-electron chi connectivity index (χ4n) is 2.70. The van der Waals surface area contributed by atoms with Crippen LogP contribution in [-0.2, 0) is 0 Å². The Morgan fingerprint density at radius 3 is 2.24 bits per heavy atom. The van der Waals surface area contributed by atoms with E-state index in [1.54, 1.807) is 14.2 Å². The van der Waals surface area contributed by atoms with Crippen molar-refractivity contribution >= 4 is 0 Å². The average molecular weight is 285 g/mol. The molecule has 2 rings (SSSR count). The highest BCUT2D eigenvalue weighted by Crippen LogP contribution is 2.36. The second kappa shape index (κ2) is 7.14. The summed E-state index contributed by atoms with van der Waals surface area (Å²) in [6.07, 6.45) is 0. The zero-order chi connectivity index (χ0) is 15.2. The fraction of sp³-hybridized carbons (Fsp3) is 0.333. The molecule has 2 aromatic carbocycles. The van der Waals surface area contributed by atoms with Gasteiger partial charge in [0.2, 0.25) is 0 Å². The van der Waals surface area contributed by atoms with E-state index in [2.05, 4.69) is 42.6 Å². The molecular weight excluding hydrogens is 262 g/mol. The Morgan fingerprint density at radius 1 is 0.952 bits per heavy atom. The number of nitrogens with one attached hydrogen (secondary N) is 1. The number of methoxy groups -OCH3 is 2. The lowest BCUT2D eigenvalue weighted by Gasteiger charge is -2.26. The van der Waals surface area contributed by atoms with Crippen molar-refractivity contribution < 1.29 is 9.47 Å². The molecule has 0 saturated carbocycles. The van der Waals surface area contributed by atoms with Crippen LogP contribution < -0.4 is 14.8 Å². The van der Waals surface area contributed by atoms with Crippen LogP contribution in [0, 0.1) is 0 Å². The van der Waals surface area contributed by atoms with Gasteiger partial charge in [-0.2, -0.15) is 0 Å². The molecule has 0 fully saturated rings. The highest BCUT2D eigenvalue weighted by Gasteiger charge is 2.22. The largest absolute Gasteiger partial charge is 0.497 e. The molecule has 2 aromatic rings. The Labute approximate surface area is 126 Å². The zero-order valence-corrected chi connectivity index (χ0v) is 13.1. The second-order valence-electron chi connectivity index (χ2n) is 5.07. The molecule has 0 aliphatic rings. The third-order valence-corrected chi connectivity index (χ3v) is 3.91. The van der Waals surface area contributed by atoms with E-state index in [0.717, 1.165) is 17.1 Å². The van der Waals surface area contributed by atoms with Crippen molar-refractivity contribution in [2.75, 3.05) is 21.3 Å². The van der Waals surface area contributed by atoms with Crippen molar-refractivity contribution in [3.63, 3.8) is 0 Å². The lowest BCUT2D eigenvalue weighted by Crippen LogP contribution is -2.22. The molecule has 1 N–H and O–H groups in total. The lowest BCUT2D eigenvalue weighted by atomic mass is 9.88. The summed E-state index contributed by atoms with van der Waals surface area (Å²) in [6, 6.07) is 16.6. The summed E-state index contributed by atoms with van der Waals surface area (Å²) < 4.78 is 10.8. The smallest absolute Gasteiger partial charge is 0.127 e. The van der Waals surface area contributed by atoms with E-state index in [1.165, 1.54) is 5.56 Å². The molecule has 2 atom stereocenters. The molecule has 3 nitrogen and oxygen atoms in total. The minimum atomic E-state index is 0.174. The van der Waals surface area contributed by atoms with Crippen molar-refractivity contribution in [1.29, 1.82) is 0 Å². The number of hydrogen-bond donors (Lipinski definition) is 1. The Morgan fingerprint density at radius 2 is 1.67 bits per heavy atom.